The fourth-order valence-electron chi connectivity index (χ4n) is 1.60. The molecule has 1 aromatic rings. The van der Waals surface area contributed by atoms with Gasteiger partial charge in [0.25, 0.3) is 0 Å². The molecule has 0 bridgehead atoms. The van der Waals surface area contributed by atoms with Gasteiger partial charge in [-0.2, -0.15) is 0 Å². The van der Waals surface area contributed by atoms with E-state index in [0.717, 1.165) is 10.0 Å². The molecule has 0 aliphatic carbocycles. The summed E-state index contributed by atoms with van der Waals surface area (Å²) in [5, 5.41) is 3.86. The van der Waals surface area contributed by atoms with Crippen molar-refractivity contribution < 1.29 is 8.42 Å². The van der Waals surface area contributed by atoms with Gasteiger partial charge in [0.05, 0.1) is 11.5 Å². The maximum atomic E-state index is 10.9. The molecule has 3 nitrogen and oxygen atoms in total. The van der Waals surface area contributed by atoms with Crippen LogP contribution in [-0.2, 0) is 16.4 Å². The highest BCUT2D eigenvalue weighted by molar-refractivity contribution is 9.10. The molecule has 1 fully saturated rings. The fourth-order valence-corrected chi connectivity index (χ4v) is 3.71. The van der Waals surface area contributed by atoms with Gasteiger partial charge >= 0.3 is 0 Å². The van der Waals surface area contributed by atoms with Crippen LogP contribution in [0.5, 0.6) is 0 Å². The molecule has 88 valence electrons. The molecule has 0 unspecified atom stereocenters. The van der Waals surface area contributed by atoms with Crippen molar-refractivity contribution in [2.45, 2.75) is 12.6 Å². The summed E-state index contributed by atoms with van der Waals surface area (Å²) in [5.41, 5.74) is 0.981. The van der Waals surface area contributed by atoms with Gasteiger partial charge in [0.1, 0.15) is 0 Å². The Bertz CT molecular complexity index is 492. The van der Waals surface area contributed by atoms with Gasteiger partial charge in [0.2, 0.25) is 0 Å². The second kappa shape index (κ2) is 4.64. The Labute approximate surface area is 108 Å². The van der Waals surface area contributed by atoms with Gasteiger partial charge in [-0.1, -0.05) is 33.6 Å². The zero-order valence-electron chi connectivity index (χ0n) is 8.41. The molecule has 16 heavy (non-hydrogen) atoms. The number of hydrogen-bond acceptors (Lipinski definition) is 3. The Morgan fingerprint density at radius 2 is 2.12 bits per heavy atom. The van der Waals surface area contributed by atoms with Crippen molar-refractivity contribution >= 4 is 37.4 Å². The number of hydrogen-bond donors (Lipinski definition) is 1. The third-order valence-corrected chi connectivity index (χ3v) is 5.17. The molecule has 0 radical (unpaired) electrons. The summed E-state index contributed by atoms with van der Waals surface area (Å²) in [5.74, 6) is 0.474. The van der Waals surface area contributed by atoms with Crippen LogP contribution in [0.15, 0.2) is 22.7 Å². The van der Waals surface area contributed by atoms with Gasteiger partial charge in [0, 0.05) is 22.1 Å². The van der Waals surface area contributed by atoms with Crippen LogP contribution in [0, 0.1) is 0 Å². The van der Waals surface area contributed by atoms with Crippen LogP contribution in [0.4, 0.5) is 0 Å². The van der Waals surface area contributed by atoms with E-state index < -0.39 is 9.84 Å². The molecule has 1 N–H and O–H groups in total. The summed E-state index contributed by atoms with van der Waals surface area (Å²) >= 11 is 9.37. The number of nitrogens with one attached hydrogen (secondary N) is 1. The average molecular weight is 325 g/mol. The fraction of sp³-hybridized carbons (Fsp3) is 0.400. The first-order valence-corrected chi connectivity index (χ1v) is 7.83. The van der Waals surface area contributed by atoms with Crippen LogP contribution in [0.2, 0.25) is 5.02 Å². The lowest BCUT2D eigenvalue weighted by Crippen LogP contribution is -2.50. The smallest absolute Gasteiger partial charge is 0.153 e. The highest BCUT2D eigenvalue weighted by Crippen LogP contribution is 2.21. The minimum Gasteiger partial charge on any atom is -0.308 e. The van der Waals surface area contributed by atoms with E-state index in [1.54, 1.807) is 0 Å². The van der Waals surface area contributed by atoms with Gasteiger partial charge in [-0.15, -0.1) is 0 Å². The second-order valence-electron chi connectivity index (χ2n) is 3.89. The monoisotopic (exact) mass is 323 g/mol. The van der Waals surface area contributed by atoms with Crippen LogP contribution >= 0.6 is 27.5 Å². The third kappa shape index (κ3) is 2.97. The van der Waals surface area contributed by atoms with E-state index in [1.165, 1.54) is 0 Å². The molecule has 1 heterocycles. The number of rotatable bonds is 3. The van der Waals surface area contributed by atoms with Gasteiger partial charge in [-0.3, -0.25) is 0 Å². The van der Waals surface area contributed by atoms with Crippen LogP contribution < -0.4 is 5.32 Å². The third-order valence-electron chi connectivity index (χ3n) is 2.51. The molecule has 6 heteroatoms. The molecular formula is C10H11BrClNO2S. The molecule has 1 aliphatic rings. The molecule has 1 saturated heterocycles. The Morgan fingerprint density at radius 3 is 2.69 bits per heavy atom. The van der Waals surface area contributed by atoms with Crippen molar-refractivity contribution in [3.8, 4) is 0 Å². The van der Waals surface area contributed by atoms with E-state index in [9.17, 15) is 8.42 Å². The van der Waals surface area contributed by atoms with E-state index in [-0.39, 0.29) is 17.5 Å². The molecule has 1 aliphatic heterocycles. The SMILES string of the molecule is O=S1(=O)CC(NCc2ccc(Br)cc2Cl)C1. The number of benzene rings is 1. The van der Waals surface area contributed by atoms with Crippen LogP contribution in [0.3, 0.4) is 0 Å². The van der Waals surface area contributed by atoms with Crippen molar-refractivity contribution in [3.05, 3.63) is 33.3 Å². The lowest BCUT2D eigenvalue weighted by molar-refractivity contribution is 0.511. The predicted molar refractivity (Wildman–Crippen MR) is 68.4 cm³/mol. The maximum absolute atomic E-state index is 10.9. The first-order valence-electron chi connectivity index (χ1n) is 4.84. The summed E-state index contributed by atoms with van der Waals surface area (Å²) in [6.45, 7) is 0.603. The molecular weight excluding hydrogens is 314 g/mol. The summed E-state index contributed by atoms with van der Waals surface area (Å²) in [6.07, 6.45) is 0. The molecule has 1 aromatic carbocycles. The van der Waals surface area contributed by atoms with Crippen LogP contribution in [-0.4, -0.2) is 26.0 Å². The number of sulfone groups is 1. The molecule has 0 atom stereocenters. The van der Waals surface area contributed by atoms with E-state index in [4.69, 9.17) is 11.6 Å². The lowest BCUT2D eigenvalue weighted by Gasteiger charge is -2.26. The van der Waals surface area contributed by atoms with Gasteiger partial charge in [0.15, 0.2) is 9.84 Å². The lowest BCUT2D eigenvalue weighted by atomic mass is 10.2. The standard InChI is InChI=1S/C10H11BrClNO2S/c11-8-2-1-7(10(12)3-8)4-13-9-5-16(14,15)6-9/h1-3,9,13H,4-6H2. The molecule has 0 aromatic heterocycles. The quantitative estimate of drug-likeness (QED) is 0.925. The normalized spacial score (nSPS) is 19.4. The molecule has 2 rings (SSSR count). The first kappa shape index (κ1) is 12.4. The topological polar surface area (TPSA) is 46.2 Å². The summed E-state index contributed by atoms with van der Waals surface area (Å²) < 4.78 is 22.8. The Balaban J connectivity index is 1.91. The van der Waals surface area contributed by atoms with Gasteiger partial charge < -0.3 is 5.32 Å². The minimum atomic E-state index is -2.75. The van der Waals surface area contributed by atoms with Crippen molar-refractivity contribution in [2.24, 2.45) is 0 Å². The van der Waals surface area contributed by atoms with Crippen molar-refractivity contribution in [2.75, 3.05) is 11.5 Å². The average Bonchev–Trinajstić information content (AvgIpc) is 2.13. The molecule has 0 saturated carbocycles. The molecule has 0 amide bonds. The van der Waals surface area contributed by atoms with E-state index in [1.807, 2.05) is 18.2 Å². The summed E-state index contributed by atoms with van der Waals surface area (Å²) in [7, 11) is -2.75. The Kier molecular flexibility index (Phi) is 3.59. The summed E-state index contributed by atoms with van der Waals surface area (Å²) in [4.78, 5) is 0. The minimum absolute atomic E-state index is 0.0738. The Morgan fingerprint density at radius 1 is 1.44 bits per heavy atom. The number of halogens is 2. The van der Waals surface area contributed by atoms with Crippen LogP contribution in [0.25, 0.3) is 0 Å². The highest BCUT2D eigenvalue weighted by Gasteiger charge is 2.32. The summed E-state index contributed by atoms with van der Waals surface area (Å²) in [6, 6.07) is 5.74. The van der Waals surface area contributed by atoms with Crippen molar-refractivity contribution in [1.82, 2.24) is 5.32 Å². The van der Waals surface area contributed by atoms with Gasteiger partial charge in [-0.25, -0.2) is 8.42 Å². The zero-order valence-corrected chi connectivity index (χ0v) is 11.6. The van der Waals surface area contributed by atoms with Gasteiger partial charge in [-0.05, 0) is 17.7 Å². The molecule has 0 spiro atoms. The zero-order chi connectivity index (χ0) is 11.8. The first-order chi connectivity index (χ1) is 7.46. The van der Waals surface area contributed by atoms with E-state index in [2.05, 4.69) is 21.2 Å². The maximum Gasteiger partial charge on any atom is 0.153 e. The largest absolute Gasteiger partial charge is 0.308 e. The van der Waals surface area contributed by atoms with E-state index in [0.29, 0.717) is 11.6 Å². The van der Waals surface area contributed by atoms with Crippen molar-refractivity contribution in [3.63, 3.8) is 0 Å². The Hall–Kier alpha value is -0.100. The van der Waals surface area contributed by atoms with Crippen LogP contribution in [0.1, 0.15) is 5.56 Å². The van der Waals surface area contributed by atoms with E-state index >= 15 is 0 Å². The highest BCUT2D eigenvalue weighted by atomic mass is 79.9. The second-order valence-corrected chi connectivity index (χ2v) is 7.37. The van der Waals surface area contributed by atoms with Crippen molar-refractivity contribution in [1.29, 1.82) is 0 Å². The predicted octanol–water partition coefficient (Wildman–Crippen LogP) is 1.99.